The van der Waals surface area contributed by atoms with Crippen molar-refractivity contribution in [2.24, 2.45) is 0 Å². The van der Waals surface area contributed by atoms with Crippen LogP contribution in [0.15, 0.2) is 24.3 Å². The second-order valence-electron chi connectivity index (χ2n) is 4.88. The summed E-state index contributed by atoms with van der Waals surface area (Å²) in [5.41, 5.74) is 1.45. The number of aliphatic hydroxyl groups is 1. The molecule has 2 rings (SSSR count). The van der Waals surface area contributed by atoms with Gasteiger partial charge >= 0.3 is 0 Å². The first-order valence-corrected chi connectivity index (χ1v) is 6.80. The molecule has 4 nitrogen and oxygen atoms in total. The lowest BCUT2D eigenvalue weighted by molar-refractivity contribution is 0.102. The molecule has 0 radical (unpaired) electrons. The Morgan fingerprint density at radius 2 is 2.21 bits per heavy atom. The molecule has 0 aromatic heterocycles. The maximum absolute atomic E-state index is 10.00. The zero-order valence-electron chi connectivity index (χ0n) is 11.0. The minimum atomic E-state index is -0.530. The maximum atomic E-state index is 10.00. The Kier molecular flexibility index (Phi) is 5.34. The summed E-state index contributed by atoms with van der Waals surface area (Å²) in [6, 6.07) is 9.11. The Morgan fingerprint density at radius 3 is 2.84 bits per heavy atom. The number of aliphatic hydroxyl groups excluding tert-OH is 1. The van der Waals surface area contributed by atoms with Crippen molar-refractivity contribution in [1.29, 1.82) is 5.26 Å². The molecule has 2 unspecified atom stereocenters. The summed E-state index contributed by atoms with van der Waals surface area (Å²) < 4.78 is 5.54. The van der Waals surface area contributed by atoms with Gasteiger partial charge < -0.3 is 15.2 Å². The molecule has 1 aliphatic rings. The Hall–Kier alpha value is -1.41. The van der Waals surface area contributed by atoms with Crippen molar-refractivity contribution < 1.29 is 9.84 Å². The molecule has 102 valence electrons. The van der Waals surface area contributed by atoms with Crippen molar-refractivity contribution >= 4 is 0 Å². The summed E-state index contributed by atoms with van der Waals surface area (Å²) in [6.45, 7) is 2.27. The molecule has 19 heavy (non-hydrogen) atoms. The van der Waals surface area contributed by atoms with Gasteiger partial charge in [-0.2, -0.15) is 5.26 Å². The first-order valence-electron chi connectivity index (χ1n) is 6.80. The zero-order chi connectivity index (χ0) is 13.5. The predicted molar refractivity (Wildman–Crippen MR) is 72.6 cm³/mol. The van der Waals surface area contributed by atoms with Crippen LogP contribution in [0.3, 0.4) is 0 Å². The van der Waals surface area contributed by atoms with Gasteiger partial charge in [-0.05, 0) is 43.5 Å². The van der Waals surface area contributed by atoms with Crippen LogP contribution in [0.1, 0.15) is 36.5 Å². The molecular formula is C15H20N2O2. The van der Waals surface area contributed by atoms with E-state index in [1.54, 1.807) is 24.3 Å². The molecule has 1 saturated heterocycles. The van der Waals surface area contributed by atoms with Gasteiger partial charge in [0.05, 0.1) is 23.8 Å². The van der Waals surface area contributed by atoms with Crippen molar-refractivity contribution in [2.45, 2.75) is 31.5 Å². The van der Waals surface area contributed by atoms with Crippen LogP contribution in [0.2, 0.25) is 0 Å². The van der Waals surface area contributed by atoms with Gasteiger partial charge in [0.25, 0.3) is 0 Å². The second-order valence-corrected chi connectivity index (χ2v) is 4.88. The first-order chi connectivity index (χ1) is 9.29. The topological polar surface area (TPSA) is 65.3 Å². The Morgan fingerprint density at radius 1 is 1.42 bits per heavy atom. The molecule has 0 spiro atoms. The molecule has 1 aromatic carbocycles. The van der Waals surface area contributed by atoms with Crippen molar-refractivity contribution in [1.82, 2.24) is 5.32 Å². The van der Waals surface area contributed by atoms with Crippen LogP contribution in [0.4, 0.5) is 0 Å². The Balaban J connectivity index is 1.68. The largest absolute Gasteiger partial charge is 0.387 e. The van der Waals surface area contributed by atoms with Crippen LogP contribution >= 0.6 is 0 Å². The molecule has 2 N–H and O–H groups in total. The van der Waals surface area contributed by atoms with E-state index in [1.165, 1.54) is 6.42 Å². The molecule has 4 heteroatoms. The third-order valence-corrected chi connectivity index (χ3v) is 3.43. The summed E-state index contributed by atoms with van der Waals surface area (Å²) in [6.07, 6.45) is 3.18. The van der Waals surface area contributed by atoms with Crippen molar-refractivity contribution in [2.75, 3.05) is 19.7 Å². The van der Waals surface area contributed by atoms with Gasteiger partial charge in [0.2, 0.25) is 0 Å². The average Bonchev–Trinajstić information content (AvgIpc) is 2.96. The van der Waals surface area contributed by atoms with Crippen LogP contribution in [0, 0.1) is 11.3 Å². The SMILES string of the molecule is N#Cc1ccc(C(O)CNCCC2CCCO2)cc1. The normalized spacial score (nSPS) is 20.1. The monoisotopic (exact) mass is 260 g/mol. The molecule has 1 aliphatic heterocycles. The number of rotatable bonds is 6. The number of ether oxygens (including phenoxy) is 1. The molecule has 0 saturated carbocycles. The van der Waals surface area contributed by atoms with E-state index >= 15 is 0 Å². The van der Waals surface area contributed by atoms with Crippen LogP contribution in [-0.2, 0) is 4.74 Å². The van der Waals surface area contributed by atoms with Gasteiger partial charge in [-0.3, -0.25) is 0 Å². The second kappa shape index (κ2) is 7.25. The van der Waals surface area contributed by atoms with Gasteiger partial charge in [0, 0.05) is 13.2 Å². The van der Waals surface area contributed by atoms with Crippen molar-refractivity contribution in [3.05, 3.63) is 35.4 Å². The third-order valence-electron chi connectivity index (χ3n) is 3.43. The standard InChI is InChI=1S/C15H20N2O2/c16-10-12-3-5-13(6-4-12)15(18)11-17-8-7-14-2-1-9-19-14/h3-6,14-15,17-18H,1-2,7-9,11H2. The quantitative estimate of drug-likeness (QED) is 0.765. The summed E-state index contributed by atoms with van der Waals surface area (Å²) in [5.74, 6) is 0. The molecule has 0 amide bonds. The highest BCUT2D eigenvalue weighted by atomic mass is 16.5. The Labute approximate surface area is 114 Å². The smallest absolute Gasteiger partial charge is 0.0991 e. The molecule has 1 heterocycles. The van der Waals surface area contributed by atoms with Crippen LogP contribution in [-0.4, -0.2) is 30.9 Å². The minimum Gasteiger partial charge on any atom is -0.387 e. The summed E-state index contributed by atoms with van der Waals surface area (Å²) >= 11 is 0. The molecular weight excluding hydrogens is 240 g/mol. The van der Waals surface area contributed by atoms with E-state index in [4.69, 9.17) is 10.00 Å². The lowest BCUT2D eigenvalue weighted by Gasteiger charge is -2.14. The fraction of sp³-hybridized carbons (Fsp3) is 0.533. The first kappa shape index (κ1) is 14.0. The minimum absolute atomic E-state index is 0.388. The Bertz CT molecular complexity index is 419. The predicted octanol–water partition coefficient (Wildman–Crippen LogP) is 1.75. The summed E-state index contributed by atoms with van der Waals surface area (Å²) in [4.78, 5) is 0. The lowest BCUT2D eigenvalue weighted by Crippen LogP contribution is -2.25. The van der Waals surface area contributed by atoms with E-state index in [-0.39, 0.29) is 0 Å². The zero-order valence-corrected chi connectivity index (χ0v) is 11.0. The number of nitrogens with one attached hydrogen (secondary N) is 1. The van der Waals surface area contributed by atoms with E-state index in [9.17, 15) is 5.11 Å². The van der Waals surface area contributed by atoms with Crippen LogP contribution in [0.25, 0.3) is 0 Å². The van der Waals surface area contributed by atoms with Crippen LogP contribution < -0.4 is 5.32 Å². The van der Waals surface area contributed by atoms with E-state index in [0.29, 0.717) is 18.2 Å². The number of hydrogen-bond acceptors (Lipinski definition) is 4. The summed E-state index contributed by atoms with van der Waals surface area (Å²) in [5, 5.41) is 22.0. The molecule has 1 aromatic rings. The van der Waals surface area contributed by atoms with E-state index in [1.807, 2.05) is 0 Å². The van der Waals surface area contributed by atoms with Gasteiger partial charge in [-0.25, -0.2) is 0 Å². The van der Waals surface area contributed by atoms with Crippen molar-refractivity contribution in [3.63, 3.8) is 0 Å². The maximum Gasteiger partial charge on any atom is 0.0991 e. The highest BCUT2D eigenvalue weighted by molar-refractivity contribution is 5.32. The van der Waals surface area contributed by atoms with Gasteiger partial charge in [-0.15, -0.1) is 0 Å². The van der Waals surface area contributed by atoms with Crippen LogP contribution in [0.5, 0.6) is 0 Å². The molecule has 1 fully saturated rings. The molecule has 2 atom stereocenters. The molecule has 0 bridgehead atoms. The number of benzene rings is 1. The van der Waals surface area contributed by atoms with Gasteiger partial charge in [0.15, 0.2) is 0 Å². The molecule has 0 aliphatic carbocycles. The van der Waals surface area contributed by atoms with Crippen molar-refractivity contribution in [3.8, 4) is 6.07 Å². The van der Waals surface area contributed by atoms with E-state index < -0.39 is 6.10 Å². The summed E-state index contributed by atoms with van der Waals surface area (Å²) in [7, 11) is 0. The fourth-order valence-corrected chi connectivity index (χ4v) is 2.27. The van der Waals surface area contributed by atoms with Gasteiger partial charge in [0.1, 0.15) is 0 Å². The number of nitriles is 1. The highest BCUT2D eigenvalue weighted by Crippen LogP contribution is 2.15. The lowest BCUT2D eigenvalue weighted by atomic mass is 10.1. The highest BCUT2D eigenvalue weighted by Gasteiger charge is 2.14. The van der Waals surface area contributed by atoms with E-state index in [2.05, 4.69) is 11.4 Å². The number of hydrogen-bond donors (Lipinski definition) is 2. The van der Waals surface area contributed by atoms with Gasteiger partial charge in [-0.1, -0.05) is 12.1 Å². The average molecular weight is 260 g/mol. The third kappa shape index (κ3) is 4.32. The fourth-order valence-electron chi connectivity index (χ4n) is 2.27. The number of nitrogens with zero attached hydrogens (tertiary/aromatic N) is 1. The van der Waals surface area contributed by atoms with E-state index in [0.717, 1.165) is 31.6 Å².